The van der Waals surface area contributed by atoms with Crippen molar-refractivity contribution >= 4 is 11.9 Å². The summed E-state index contributed by atoms with van der Waals surface area (Å²) in [6, 6.07) is 9.22. The Labute approximate surface area is 138 Å². The van der Waals surface area contributed by atoms with Crippen molar-refractivity contribution in [1.82, 2.24) is 15.5 Å². The smallest absolute Gasteiger partial charge is 0.347 e. The second-order valence-corrected chi connectivity index (χ2v) is 5.74. The maximum Gasteiger partial charge on any atom is 0.405 e. The van der Waals surface area contributed by atoms with Crippen molar-refractivity contribution in [3.8, 4) is 0 Å². The van der Waals surface area contributed by atoms with E-state index < -0.39 is 24.5 Å². The van der Waals surface area contributed by atoms with Gasteiger partial charge in [0.2, 0.25) is 5.91 Å². The van der Waals surface area contributed by atoms with Gasteiger partial charge < -0.3 is 15.5 Å². The van der Waals surface area contributed by atoms with Crippen LogP contribution < -0.4 is 10.6 Å². The summed E-state index contributed by atoms with van der Waals surface area (Å²) in [6.45, 7) is -0.204. The molecule has 1 aliphatic heterocycles. The van der Waals surface area contributed by atoms with Crippen molar-refractivity contribution in [3.05, 3.63) is 35.9 Å². The average Bonchev–Trinajstić information content (AvgIpc) is 2.58. The van der Waals surface area contributed by atoms with Crippen molar-refractivity contribution in [2.75, 3.05) is 19.6 Å². The molecule has 2 N–H and O–H groups in total. The third-order valence-electron chi connectivity index (χ3n) is 3.90. The molecule has 0 spiro atoms. The van der Waals surface area contributed by atoms with Crippen LogP contribution in [0.4, 0.5) is 18.0 Å². The van der Waals surface area contributed by atoms with Crippen molar-refractivity contribution < 1.29 is 22.8 Å². The van der Waals surface area contributed by atoms with Crippen LogP contribution in [-0.2, 0) is 11.3 Å². The number of benzene rings is 1. The van der Waals surface area contributed by atoms with Crippen LogP contribution in [0.15, 0.2) is 30.3 Å². The van der Waals surface area contributed by atoms with Gasteiger partial charge in [0.05, 0.1) is 0 Å². The standard InChI is InChI=1S/C16H20F3N3O2/c17-16(18,19)11-21-14(23)13-6-8-22(9-7-13)15(24)20-10-12-4-2-1-3-5-12/h1-5,13H,6-11H2,(H,20,24)(H,21,23). The van der Waals surface area contributed by atoms with Gasteiger partial charge in [-0.3, -0.25) is 4.79 Å². The lowest BCUT2D eigenvalue weighted by atomic mass is 9.96. The lowest BCUT2D eigenvalue weighted by Gasteiger charge is -2.31. The number of alkyl halides is 3. The van der Waals surface area contributed by atoms with Gasteiger partial charge in [-0.15, -0.1) is 0 Å². The quantitative estimate of drug-likeness (QED) is 0.881. The van der Waals surface area contributed by atoms with E-state index in [1.165, 1.54) is 0 Å². The highest BCUT2D eigenvalue weighted by Crippen LogP contribution is 2.19. The van der Waals surface area contributed by atoms with Crippen LogP contribution in [0.2, 0.25) is 0 Å². The first-order valence-corrected chi connectivity index (χ1v) is 7.76. The first-order chi connectivity index (χ1) is 11.3. The van der Waals surface area contributed by atoms with Gasteiger partial charge in [-0.2, -0.15) is 13.2 Å². The first-order valence-electron chi connectivity index (χ1n) is 7.76. The number of carbonyl (C=O) groups is 2. The highest BCUT2D eigenvalue weighted by Gasteiger charge is 2.31. The molecule has 0 radical (unpaired) electrons. The number of carbonyl (C=O) groups excluding carboxylic acids is 2. The fourth-order valence-electron chi connectivity index (χ4n) is 2.56. The van der Waals surface area contributed by atoms with Crippen LogP contribution >= 0.6 is 0 Å². The fraction of sp³-hybridized carbons (Fsp3) is 0.500. The van der Waals surface area contributed by atoms with E-state index in [2.05, 4.69) is 5.32 Å². The molecule has 0 saturated carbocycles. The summed E-state index contributed by atoms with van der Waals surface area (Å²) in [5, 5.41) is 4.70. The number of hydrogen-bond acceptors (Lipinski definition) is 2. The van der Waals surface area contributed by atoms with Crippen molar-refractivity contribution in [1.29, 1.82) is 0 Å². The third-order valence-corrected chi connectivity index (χ3v) is 3.90. The van der Waals surface area contributed by atoms with E-state index in [1.54, 1.807) is 4.90 Å². The number of rotatable bonds is 4. The lowest BCUT2D eigenvalue weighted by Crippen LogP contribution is -2.47. The maximum atomic E-state index is 12.1. The first kappa shape index (κ1) is 18.1. The van der Waals surface area contributed by atoms with E-state index >= 15 is 0 Å². The Kier molecular flexibility index (Phi) is 6.05. The molecule has 24 heavy (non-hydrogen) atoms. The summed E-state index contributed by atoms with van der Waals surface area (Å²) in [5.74, 6) is -1.08. The zero-order valence-electron chi connectivity index (χ0n) is 13.1. The second kappa shape index (κ2) is 8.03. The summed E-state index contributed by atoms with van der Waals surface area (Å²) in [7, 11) is 0. The molecular weight excluding hydrogens is 323 g/mol. The van der Waals surface area contributed by atoms with Crippen LogP contribution in [0.3, 0.4) is 0 Å². The molecule has 8 heteroatoms. The van der Waals surface area contributed by atoms with Crippen LogP contribution in [-0.4, -0.2) is 42.6 Å². The minimum atomic E-state index is -4.41. The molecule has 0 bridgehead atoms. The van der Waals surface area contributed by atoms with Gasteiger partial charge >= 0.3 is 12.2 Å². The Morgan fingerprint density at radius 2 is 1.71 bits per heavy atom. The minimum Gasteiger partial charge on any atom is -0.347 e. The van der Waals surface area contributed by atoms with Crippen LogP contribution in [0.1, 0.15) is 18.4 Å². The summed E-state index contributed by atoms with van der Waals surface area (Å²) < 4.78 is 36.3. The molecule has 1 saturated heterocycles. The van der Waals surface area contributed by atoms with E-state index in [0.29, 0.717) is 32.5 Å². The fourth-order valence-corrected chi connectivity index (χ4v) is 2.56. The summed E-state index contributed by atoms with van der Waals surface area (Å²) in [6.07, 6.45) is -3.68. The molecule has 1 fully saturated rings. The Morgan fingerprint density at radius 3 is 2.29 bits per heavy atom. The van der Waals surface area contributed by atoms with Crippen molar-refractivity contribution in [2.45, 2.75) is 25.6 Å². The van der Waals surface area contributed by atoms with Crippen molar-refractivity contribution in [2.24, 2.45) is 5.92 Å². The van der Waals surface area contributed by atoms with E-state index in [4.69, 9.17) is 0 Å². The normalized spacial score (nSPS) is 15.9. The Bertz CT molecular complexity index is 555. The van der Waals surface area contributed by atoms with Crippen LogP contribution in [0.5, 0.6) is 0 Å². The number of hydrogen-bond donors (Lipinski definition) is 2. The van der Waals surface area contributed by atoms with E-state index in [9.17, 15) is 22.8 Å². The predicted molar refractivity (Wildman–Crippen MR) is 82.0 cm³/mol. The number of nitrogens with zero attached hydrogens (tertiary/aromatic N) is 1. The molecule has 132 valence electrons. The van der Waals surface area contributed by atoms with E-state index in [0.717, 1.165) is 5.56 Å². The number of amides is 3. The SMILES string of the molecule is O=C(NCC(F)(F)F)C1CCN(C(=O)NCc2ccccc2)CC1. The molecular formula is C16H20F3N3O2. The highest BCUT2D eigenvalue weighted by molar-refractivity contribution is 5.79. The Morgan fingerprint density at radius 1 is 1.08 bits per heavy atom. The van der Waals surface area contributed by atoms with Gasteiger partial charge in [-0.1, -0.05) is 30.3 Å². The monoisotopic (exact) mass is 343 g/mol. The number of halogens is 3. The largest absolute Gasteiger partial charge is 0.405 e. The Hall–Kier alpha value is -2.25. The molecule has 1 heterocycles. The number of likely N-dealkylation sites (tertiary alicyclic amines) is 1. The molecule has 1 aliphatic rings. The third kappa shape index (κ3) is 5.75. The van der Waals surface area contributed by atoms with Gasteiger partial charge in [0.15, 0.2) is 0 Å². The summed E-state index contributed by atoms with van der Waals surface area (Å²) >= 11 is 0. The van der Waals surface area contributed by atoms with E-state index in [-0.39, 0.29) is 6.03 Å². The molecule has 0 aromatic heterocycles. The molecule has 2 rings (SSSR count). The molecule has 1 aromatic rings. The molecule has 5 nitrogen and oxygen atoms in total. The van der Waals surface area contributed by atoms with Gasteiger partial charge in [0, 0.05) is 25.6 Å². The van der Waals surface area contributed by atoms with Gasteiger partial charge in [-0.05, 0) is 18.4 Å². The van der Waals surface area contributed by atoms with Crippen LogP contribution in [0, 0.1) is 5.92 Å². The van der Waals surface area contributed by atoms with Gasteiger partial charge in [0.1, 0.15) is 6.54 Å². The van der Waals surface area contributed by atoms with E-state index in [1.807, 2.05) is 35.6 Å². The molecule has 0 atom stereocenters. The number of nitrogens with one attached hydrogen (secondary N) is 2. The number of urea groups is 1. The summed E-state index contributed by atoms with van der Waals surface area (Å²) in [5.41, 5.74) is 0.979. The zero-order valence-corrected chi connectivity index (χ0v) is 13.1. The maximum absolute atomic E-state index is 12.1. The molecule has 0 unspecified atom stereocenters. The molecule has 0 aliphatic carbocycles. The lowest BCUT2D eigenvalue weighted by molar-refractivity contribution is -0.141. The van der Waals surface area contributed by atoms with Crippen LogP contribution in [0.25, 0.3) is 0 Å². The summed E-state index contributed by atoms with van der Waals surface area (Å²) in [4.78, 5) is 25.4. The average molecular weight is 343 g/mol. The van der Waals surface area contributed by atoms with Gasteiger partial charge in [0.25, 0.3) is 0 Å². The minimum absolute atomic E-state index is 0.229. The number of piperidine rings is 1. The van der Waals surface area contributed by atoms with Crippen molar-refractivity contribution in [3.63, 3.8) is 0 Å². The molecule has 3 amide bonds. The molecule has 1 aromatic carbocycles. The topological polar surface area (TPSA) is 61.4 Å². The predicted octanol–water partition coefficient (Wildman–Crippen LogP) is 2.29. The second-order valence-electron chi connectivity index (χ2n) is 5.74. The van der Waals surface area contributed by atoms with Gasteiger partial charge in [-0.25, -0.2) is 4.79 Å². The zero-order chi connectivity index (χ0) is 17.6. The highest BCUT2D eigenvalue weighted by atomic mass is 19.4. The Balaban J connectivity index is 1.71.